The van der Waals surface area contributed by atoms with Gasteiger partial charge in [-0.2, -0.15) is 0 Å². The first-order valence-electron chi connectivity index (χ1n) is 7.34. The van der Waals surface area contributed by atoms with Crippen molar-refractivity contribution in [1.29, 1.82) is 0 Å². The summed E-state index contributed by atoms with van der Waals surface area (Å²) < 4.78 is 0. The lowest BCUT2D eigenvalue weighted by Crippen LogP contribution is -2.30. The van der Waals surface area contributed by atoms with Crippen LogP contribution in [0, 0.1) is 0 Å². The van der Waals surface area contributed by atoms with Gasteiger partial charge in [-0.3, -0.25) is 0 Å². The van der Waals surface area contributed by atoms with Crippen LogP contribution < -0.4 is 10.2 Å². The van der Waals surface area contributed by atoms with Crippen molar-refractivity contribution in [3.8, 4) is 5.75 Å². The summed E-state index contributed by atoms with van der Waals surface area (Å²) in [4.78, 5) is 2.27. The fraction of sp³-hybridized carbons (Fsp3) is 0.625. The van der Waals surface area contributed by atoms with E-state index >= 15 is 0 Å². The Morgan fingerprint density at radius 1 is 1.21 bits per heavy atom. The Hall–Kier alpha value is -1.22. The molecule has 0 spiro atoms. The normalized spacial score (nSPS) is 12.7. The van der Waals surface area contributed by atoms with Crippen LogP contribution in [0.15, 0.2) is 18.2 Å². The Kier molecular flexibility index (Phi) is 6.16. The number of phenols is 1. The van der Waals surface area contributed by atoms with Crippen molar-refractivity contribution >= 4 is 5.69 Å². The van der Waals surface area contributed by atoms with Gasteiger partial charge in [0.2, 0.25) is 0 Å². The lowest BCUT2D eigenvalue weighted by Gasteiger charge is -2.28. The third kappa shape index (κ3) is 4.13. The number of nitrogens with zero attached hydrogens (tertiary/aromatic N) is 1. The van der Waals surface area contributed by atoms with Crippen LogP contribution in [0.1, 0.15) is 52.6 Å². The van der Waals surface area contributed by atoms with Gasteiger partial charge in [0.05, 0.1) is 0 Å². The zero-order valence-corrected chi connectivity index (χ0v) is 12.9. The molecule has 1 unspecified atom stereocenters. The number of nitrogens with one attached hydrogen (secondary N) is 1. The van der Waals surface area contributed by atoms with Crippen molar-refractivity contribution < 1.29 is 5.11 Å². The summed E-state index contributed by atoms with van der Waals surface area (Å²) in [6.07, 6.45) is 1.10. The second kappa shape index (κ2) is 7.39. The minimum Gasteiger partial charge on any atom is -0.508 e. The summed E-state index contributed by atoms with van der Waals surface area (Å²) in [5.74, 6) is 0.382. The van der Waals surface area contributed by atoms with E-state index in [1.807, 2.05) is 12.1 Å². The molecule has 2 N–H and O–H groups in total. The highest BCUT2D eigenvalue weighted by molar-refractivity contribution is 5.54. The van der Waals surface area contributed by atoms with E-state index in [2.05, 4.69) is 50.9 Å². The summed E-state index contributed by atoms with van der Waals surface area (Å²) in [5.41, 5.74) is 2.05. The summed E-state index contributed by atoms with van der Waals surface area (Å²) in [5, 5.41) is 13.6. The molecule has 0 radical (unpaired) electrons. The van der Waals surface area contributed by atoms with E-state index in [1.54, 1.807) is 0 Å². The average molecular weight is 264 g/mol. The summed E-state index contributed by atoms with van der Waals surface area (Å²) >= 11 is 0. The van der Waals surface area contributed by atoms with E-state index in [9.17, 15) is 5.11 Å². The van der Waals surface area contributed by atoms with Crippen molar-refractivity contribution in [2.45, 2.75) is 53.1 Å². The maximum absolute atomic E-state index is 10.2. The zero-order valence-electron chi connectivity index (χ0n) is 12.9. The number of rotatable bonds is 7. The van der Waals surface area contributed by atoms with Crippen LogP contribution in [0.2, 0.25) is 0 Å². The monoisotopic (exact) mass is 264 g/mol. The van der Waals surface area contributed by atoms with Gasteiger partial charge in [-0.25, -0.2) is 0 Å². The van der Waals surface area contributed by atoms with E-state index in [0.717, 1.165) is 30.8 Å². The molecule has 108 valence electrons. The lowest BCUT2D eigenvalue weighted by atomic mass is 10.1. The highest BCUT2D eigenvalue weighted by atomic mass is 16.3. The van der Waals surface area contributed by atoms with Gasteiger partial charge in [-0.15, -0.1) is 0 Å². The van der Waals surface area contributed by atoms with Gasteiger partial charge >= 0.3 is 0 Å². The minimum atomic E-state index is 0.183. The minimum absolute atomic E-state index is 0.183. The molecule has 0 aliphatic heterocycles. The van der Waals surface area contributed by atoms with Gasteiger partial charge < -0.3 is 15.3 Å². The first-order valence-corrected chi connectivity index (χ1v) is 7.34. The molecule has 1 aromatic rings. The predicted molar refractivity (Wildman–Crippen MR) is 83.0 cm³/mol. The molecule has 1 rings (SSSR count). The molecule has 0 aliphatic carbocycles. The molecule has 0 aliphatic rings. The van der Waals surface area contributed by atoms with Crippen molar-refractivity contribution in [3.63, 3.8) is 0 Å². The molecule has 0 saturated heterocycles. The van der Waals surface area contributed by atoms with E-state index in [-0.39, 0.29) is 6.04 Å². The van der Waals surface area contributed by atoms with Gasteiger partial charge in [0.15, 0.2) is 0 Å². The Morgan fingerprint density at radius 3 is 2.37 bits per heavy atom. The lowest BCUT2D eigenvalue weighted by molar-refractivity contribution is 0.452. The smallest absolute Gasteiger partial charge is 0.122 e. The number of benzene rings is 1. The van der Waals surface area contributed by atoms with Crippen LogP contribution in [0.3, 0.4) is 0 Å². The number of aromatic hydroxyl groups is 1. The molecule has 0 saturated carbocycles. The number of phenolic OH excluding ortho intramolecular Hbond substituents is 1. The fourth-order valence-corrected chi connectivity index (χ4v) is 2.39. The SMILES string of the molecule is CCCNC(C)c1ccc(N(CC)C(C)C)cc1O. The maximum Gasteiger partial charge on any atom is 0.122 e. The van der Waals surface area contributed by atoms with Crippen LogP contribution in [0.25, 0.3) is 0 Å². The second-order valence-corrected chi connectivity index (χ2v) is 5.30. The highest BCUT2D eigenvalue weighted by Gasteiger charge is 2.13. The molecule has 0 fully saturated rings. The first-order chi connectivity index (χ1) is 9.01. The third-order valence-electron chi connectivity index (χ3n) is 3.48. The van der Waals surface area contributed by atoms with Crippen LogP contribution in [0.4, 0.5) is 5.69 Å². The number of hydrogen-bond donors (Lipinski definition) is 2. The highest BCUT2D eigenvalue weighted by Crippen LogP contribution is 2.29. The van der Waals surface area contributed by atoms with Crippen molar-refractivity contribution in [1.82, 2.24) is 5.32 Å². The molecule has 0 aromatic heterocycles. The van der Waals surface area contributed by atoms with Gasteiger partial charge in [-0.05, 0) is 46.7 Å². The van der Waals surface area contributed by atoms with Gasteiger partial charge in [-0.1, -0.05) is 13.0 Å². The zero-order chi connectivity index (χ0) is 14.4. The molecular weight excluding hydrogens is 236 g/mol. The number of anilines is 1. The Balaban J connectivity index is 2.90. The van der Waals surface area contributed by atoms with Crippen LogP contribution in [-0.4, -0.2) is 24.2 Å². The van der Waals surface area contributed by atoms with E-state index in [4.69, 9.17) is 0 Å². The van der Waals surface area contributed by atoms with Crippen molar-refractivity contribution in [3.05, 3.63) is 23.8 Å². The standard InChI is InChI=1S/C16H28N2O/c1-6-10-17-13(5)15-9-8-14(11-16(15)19)18(7-2)12(3)4/h8-9,11-13,17,19H,6-7,10H2,1-5H3. The second-order valence-electron chi connectivity index (χ2n) is 5.30. The van der Waals surface area contributed by atoms with Gasteiger partial charge in [0.1, 0.15) is 5.75 Å². The molecule has 0 bridgehead atoms. The van der Waals surface area contributed by atoms with Crippen molar-refractivity contribution in [2.24, 2.45) is 0 Å². The molecule has 1 atom stereocenters. The summed E-state index contributed by atoms with van der Waals surface area (Å²) in [6.45, 7) is 12.6. The van der Waals surface area contributed by atoms with Gasteiger partial charge in [0.25, 0.3) is 0 Å². The molecule has 0 heterocycles. The molecule has 3 nitrogen and oxygen atoms in total. The average Bonchev–Trinajstić information content (AvgIpc) is 2.36. The Morgan fingerprint density at radius 2 is 1.89 bits per heavy atom. The molecular formula is C16H28N2O. The predicted octanol–water partition coefficient (Wildman–Crippen LogP) is 3.69. The fourth-order valence-electron chi connectivity index (χ4n) is 2.39. The maximum atomic E-state index is 10.2. The Labute approximate surface area is 117 Å². The number of hydrogen-bond acceptors (Lipinski definition) is 3. The van der Waals surface area contributed by atoms with Crippen LogP contribution in [-0.2, 0) is 0 Å². The van der Waals surface area contributed by atoms with E-state index < -0.39 is 0 Å². The third-order valence-corrected chi connectivity index (χ3v) is 3.48. The molecule has 0 amide bonds. The largest absolute Gasteiger partial charge is 0.508 e. The van der Waals surface area contributed by atoms with Crippen LogP contribution in [0.5, 0.6) is 5.75 Å². The van der Waals surface area contributed by atoms with Crippen LogP contribution >= 0.6 is 0 Å². The summed E-state index contributed by atoms with van der Waals surface area (Å²) in [7, 11) is 0. The quantitative estimate of drug-likeness (QED) is 0.788. The van der Waals surface area contributed by atoms with E-state index in [0.29, 0.717) is 11.8 Å². The van der Waals surface area contributed by atoms with E-state index in [1.165, 1.54) is 0 Å². The summed E-state index contributed by atoms with van der Waals surface area (Å²) in [6, 6.07) is 6.63. The first kappa shape index (κ1) is 15.8. The topological polar surface area (TPSA) is 35.5 Å². The molecule has 19 heavy (non-hydrogen) atoms. The van der Waals surface area contributed by atoms with Crippen molar-refractivity contribution in [2.75, 3.05) is 18.0 Å². The Bertz CT molecular complexity index is 390. The molecule has 3 heteroatoms. The molecule has 1 aromatic carbocycles. The van der Waals surface area contributed by atoms with Gasteiger partial charge in [0, 0.05) is 35.9 Å².